The second-order valence-electron chi connectivity index (χ2n) is 10.7. The molecule has 0 aromatic rings. The molecule has 1 unspecified atom stereocenters. The highest BCUT2D eigenvalue weighted by molar-refractivity contribution is 7.86. The van der Waals surface area contributed by atoms with Crippen molar-refractivity contribution in [2.45, 2.75) is 70.3 Å². The molecule has 0 aromatic heterocycles. The van der Waals surface area contributed by atoms with Crippen LogP contribution in [0.1, 0.15) is 64.7 Å². The van der Waals surface area contributed by atoms with Crippen molar-refractivity contribution in [1.29, 1.82) is 0 Å². The third-order valence-electron chi connectivity index (χ3n) is 9.67. The van der Waals surface area contributed by atoms with Gasteiger partial charge in [0, 0.05) is 5.92 Å². The second kappa shape index (κ2) is 5.79. The van der Waals surface area contributed by atoms with Crippen molar-refractivity contribution < 1.29 is 22.9 Å². The maximum atomic E-state index is 12.6. The van der Waals surface area contributed by atoms with Crippen LogP contribution in [0.15, 0.2) is 0 Å². The number of aliphatic hydroxyl groups is 1. The van der Waals surface area contributed by atoms with Crippen LogP contribution in [-0.4, -0.2) is 35.2 Å². The summed E-state index contributed by atoms with van der Waals surface area (Å²) in [6.07, 6.45) is 9.50. The molecule has 0 bridgehead atoms. The first-order valence-corrected chi connectivity index (χ1v) is 12.4. The summed E-state index contributed by atoms with van der Waals surface area (Å²) in [5.74, 6) is 2.64. The maximum absolute atomic E-state index is 12.6. The zero-order valence-electron chi connectivity index (χ0n) is 16.1. The summed E-state index contributed by atoms with van der Waals surface area (Å²) in [6.45, 7) is 2.21. The van der Waals surface area contributed by atoms with Gasteiger partial charge in [-0.05, 0) is 98.7 Å². The number of Topliss-reactive ketones (excluding diaryl/α,β-unsaturated/α-hetero) is 1. The van der Waals surface area contributed by atoms with Crippen molar-refractivity contribution in [2.24, 2.45) is 46.8 Å². The zero-order valence-corrected chi connectivity index (χ0v) is 17.0. The molecule has 0 aromatic carbocycles. The number of hydrogen-bond acceptors (Lipinski definition) is 4. The quantitative estimate of drug-likeness (QED) is 0.715. The van der Waals surface area contributed by atoms with Crippen LogP contribution in [0.3, 0.4) is 0 Å². The summed E-state index contributed by atoms with van der Waals surface area (Å²) in [6, 6.07) is 0. The summed E-state index contributed by atoms with van der Waals surface area (Å²) in [7, 11) is -4.25. The van der Waals surface area contributed by atoms with Gasteiger partial charge in [-0.1, -0.05) is 6.92 Å². The van der Waals surface area contributed by atoms with Crippen molar-refractivity contribution >= 4 is 15.9 Å². The van der Waals surface area contributed by atoms with E-state index < -0.39 is 15.9 Å². The van der Waals surface area contributed by atoms with Crippen LogP contribution in [0, 0.1) is 46.8 Å². The Morgan fingerprint density at radius 1 is 0.926 bits per heavy atom. The first-order chi connectivity index (χ1) is 12.6. The Morgan fingerprint density at radius 3 is 2.22 bits per heavy atom. The molecule has 9 atom stereocenters. The molecule has 5 rings (SSSR count). The van der Waals surface area contributed by atoms with Gasteiger partial charge in [-0.3, -0.25) is 9.35 Å². The molecule has 2 N–H and O–H groups in total. The van der Waals surface area contributed by atoms with Gasteiger partial charge in [0.15, 0.2) is 5.78 Å². The smallest absolute Gasteiger partial charge is 0.272 e. The molecule has 5 fully saturated rings. The largest absolute Gasteiger partial charge is 0.390 e. The highest BCUT2D eigenvalue weighted by atomic mass is 32.2. The summed E-state index contributed by atoms with van der Waals surface area (Å²) >= 11 is 0. The molecule has 0 amide bonds. The Hall–Kier alpha value is -0.460. The molecule has 0 saturated heterocycles. The fourth-order valence-corrected chi connectivity index (χ4v) is 9.05. The van der Waals surface area contributed by atoms with Crippen LogP contribution in [-0.2, 0) is 14.9 Å². The lowest BCUT2D eigenvalue weighted by Gasteiger charge is -2.56. The fourth-order valence-electron chi connectivity index (χ4n) is 8.49. The Morgan fingerprint density at radius 2 is 1.56 bits per heavy atom. The minimum atomic E-state index is -4.25. The van der Waals surface area contributed by atoms with Crippen molar-refractivity contribution in [1.82, 2.24) is 0 Å². The van der Waals surface area contributed by atoms with Gasteiger partial charge in [0.1, 0.15) is 5.75 Å². The lowest BCUT2D eigenvalue weighted by atomic mass is 9.49. The summed E-state index contributed by atoms with van der Waals surface area (Å²) in [4.78, 5) is 12.6. The number of carbonyl (C=O) groups is 1. The van der Waals surface area contributed by atoms with E-state index in [-0.39, 0.29) is 22.7 Å². The van der Waals surface area contributed by atoms with E-state index in [0.29, 0.717) is 23.7 Å². The average molecular weight is 397 g/mol. The molecule has 152 valence electrons. The van der Waals surface area contributed by atoms with E-state index in [0.717, 1.165) is 56.8 Å². The van der Waals surface area contributed by atoms with Crippen LogP contribution < -0.4 is 0 Å². The Kier molecular flexibility index (Phi) is 3.98. The minimum Gasteiger partial charge on any atom is -0.390 e. The van der Waals surface area contributed by atoms with Gasteiger partial charge in [0.25, 0.3) is 10.1 Å². The number of carbonyl (C=O) groups excluding carboxylic acids is 1. The third kappa shape index (κ3) is 2.77. The Labute approximate surface area is 162 Å². The molecule has 5 saturated carbocycles. The summed E-state index contributed by atoms with van der Waals surface area (Å²) in [5, 5.41) is 10.6. The molecule has 27 heavy (non-hydrogen) atoms. The first-order valence-electron chi connectivity index (χ1n) is 10.8. The molecule has 0 aliphatic heterocycles. The van der Waals surface area contributed by atoms with Crippen LogP contribution >= 0.6 is 0 Å². The summed E-state index contributed by atoms with van der Waals surface area (Å²) < 4.78 is 31.6. The minimum absolute atomic E-state index is 0.106. The predicted molar refractivity (Wildman–Crippen MR) is 100 cm³/mol. The molecule has 0 spiro atoms. The van der Waals surface area contributed by atoms with E-state index in [2.05, 4.69) is 6.92 Å². The van der Waals surface area contributed by atoms with Crippen molar-refractivity contribution in [2.75, 3.05) is 5.75 Å². The normalized spacial score (nSPS) is 53.7. The highest BCUT2D eigenvalue weighted by Gasteiger charge is 2.65. The van der Waals surface area contributed by atoms with Gasteiger partial charge in [0.2, 0.25) is 0 Å². The molecule has 5 aliphatic carbocycles. The Balaban J connectivity index is 1.35. The molecular weight excluding hydrogens is 364 g/mol. The Bertz CT molecular complexity index is 763. The van der Waals surface area contributed by atoms with Crippen molar-refractivity contribution in [3.63, 3.8) is 0 Å². The molecule has 6 heteroatoms. The fraction of sp³-hybridized carbons (Fsp3) is 0.952. The van der Waals surface area contributed by atoms with Gasteiger partial charge in [-0.15, -0.1) is 0 Å². The van der Waals surface area contributed by atoms with E-state index >= 15 is 0 Å². The second-order valence-corrected chi connectivity index (χ2v) is 12.1. The van der Waals surface area contributed by atoms with Gasteiger partial charge < -0.3 is 5.11 Å². The van der Waals surface area contributed by atoms with Gasteiger partial charge in [-0.2, -0.15) is 8.42 Å². The number of rotatable bonds is 3. The van der Waals surface area contributed by atoms with Crippen molar-refractivity contribution in [3.05, 3.63) is 0 Å². The average Bonchev–Trinajstić information content (AvgIpc) is 3.14. The van der Waals surface area contributed by atoms with Crippen LogP contribution in [0.4, 0.5) is 0 Å². The SMILES string of the molecule is C[C@]12CC[C@@H]3[C@H]4CC[C@]5(O)CC5[C@H]4CC[C@H]3[C@@H]1CC[C@@H]2C(=O)CS(=O)(=O)O. The molecule has 0 radical (unpaired) electrons. The third-order valence-corrected chi connectivity index (χ3v) is 10.3. The van der Waals surface area contributed by atoms with Crippen LogP contribution in [0.2, 0.25) is 0 Å². The van der Waals surface area contributed by atoms with Gasteiger partial charge >= 0.3 is 0 Å². The number of hydrogen-bond donors (Lipinski definition) is 2. The van der Waals surface area contributed by atoms with Crippen LogP contribution in [0.25, 0.3) is 0 Å². The highest BCUT2D eigenvalue weighted by Crippen LogP contribution is 2.68. The predicted octanol–water partition coefficient (Wildman–Crippen LogP) is 3.07. The molecule has 5 aliphatic rings. The lowest BCUT2D eigenvalue weighted by molar-refractivity contribution is -0.128. The number of ketones is 1. The molecular formula is C21H32O5S. The topological polar surface area (TPSA) is 91.7 Å². The summed E-state index contributed by atoms with van der Waals surface area (Å²) in [5.41, 5.74) is -0.442. The van der Waals surface area contributed by atoms with E-state index in [1.807, 2.05) is 0 Å². The zero-order chi connectivity index (χ0) is 19.2. The van der Waals surface area contributed by atoms with Crippen LogP contribution in [0.5, 0.6) is 0 Å². The van der Waals surface area contributed by atoms with E-state index in [1.165, 1.54) is 12.8 Å². The van der Waals surface area contributed by atoms with Gasteiger partial charge in [0.05, 0.1) is 5.60 Å². The monoisotopic (exact) mass is 396 g/mol. The standard InChI is InChI=1S/C21H32O5S/c1-20-8-6-12-13-7-9-21(23)10-18(21)15(13)3-2-14(12)16(20)4-5-17(20)19(22)11-27(24,25)26/h12-18,23H,2-11H2,1H3,(H,24,25,26)/t12-,13-,14-,15+,16+,17-,18?,20+,21+/m1/s1. The van der Waals surface area contributed by atoms with E-state index in [4.69, 9.17) is 4.55 Å². The molecule has 5 nitrogen and oxygen atoms in total. The van der Waals surface area contributed by atoms with Gasteiger partial charge in [-0.25, -0.2) is 0 Å². The number of fused-ring (bicyclic) bond motifs is 7. The maximum Gasteiger partial charge on any atom is 0.272 e. The lowest BCUT2D eigenvalue weighted by Crippen LogP contribution is -2.50. The van der Waals surface area contributed by atoms with E-state index in [9.17, 15) is 18.3 Å². The first kappa shape index (κ1) is 18.6. The van der Waals surface area contributed by atoms with E-state index in [1.54, 1.807) is 0 Å². The molecule has 0 heterocycles. The van der Waals surface area contributed by atoms with Crippen molar-refractivity contribution in [3.8, 4) is 0 Å².